The molecule has 90 valence electrons. The van der Waals surface area contributed by atoms with Gasteiger partial charge >= 0.3 is 0 Å². The number of hydrogen-bond donors (Lipinski definition) is 1. The molecular formula is C13H11FN4. The lowest BCUT2D eigenvalue weighted by Gasteiger charge is -2.17. The predicted molar refractivity (Wildman–Crippen MR) is 64.0 cm³/mol. The lowest BCUT2D eigenvalue weighted by molar-refractivity contribution is 0.519. The Kier molecular flexibility index (Phi) is 2.58. The van der Waals surface area contributed by atoms with Gasteiger partial charge in [-0.25, -0.2) is 9.37 Å². The zero-order valence-corrected chi connectivity index (χ0v) is 9.65. The topological polar surface area (TPSA) is 53.6 Å². The highest BCUT2D eigenvalue weighted by molar-refractivity contribution is 5.58. The van der Waals surface area contributed by atoms with Crippen LogP contribution in [0.2, 0.25) is 0 Å². The van der Waals surface area contributed by atoms with E-state index in [2.05, 4.69) is 16.4 Å². The lowest BCUT2D eigenvalue weighted by Crippen LogP contribution is -2.28. The van der Waals surface area contributed by atoms with Crippen molar-refractivity contribution in [3.05, 3.63) is 41.5 Å². The standard InChI is InChI=1S/C13H11FN4/c14-10-3-1-9(2-4-10)13-17-11(7-15)12-8-16-5-6-18(12)13/h1-4,16H,5-6,8H2. The normalized spacial score (nSPS) is 14.0. The minimum absolute atomic E-state index is 0.272. The molecule has 0 fully saturated rings. The Balaban J connectivity index is 2.15. The third-order valence-corrected chi connectivity index (χ3v) is 3.09. The molecule has 2 heterocycles. The summed E-state index contributed by atoms with van der Waals surface area (Å²) in [5.41, 5.74) is 2.19. The maximum atomic E-state index is 12.9. The number of rotatable bonds is 1. The highest BCUT2D eigenvalue weighted by atomic mass is 19.1. The summed E-state index contributed by atoms with van der Waals surface area (Å²) in [6, 6.07) is 8.30. The highest BCUT2D eigenvalue weighted by Gasteiger charge is 2.20. The molecular weight excluding hydrogens is 231 g/mol. The molecule has 1 aromatic carbocycles. The van der Waals surface area contributed by atoms with Crippen LogP contribution in [-0.2, 0) is 13.1 Å². The third kappa shape index (κ3) is 1.67. The van der Waals surface area contributed by atoms with Crippen molar-refractivity contribution < 1.29 is 4.39 Å². The minimum atomic E-state index is -0.272. The second kappa shape index (κ2) is 4.24. The number of hydrogen-bond acceptors (Lipinski definition) is 3. The lowest BCUT2D eigenvalue weighted by atomic mass is 10.2. The van der Waals surface area contributed by atoms with E-state index in [1.165, 1.54) is 12.1 Å². The van der Waals surface area contributed by atoms with E-state index in [-0.39, 0.29) is 5.82 Å². The van der Waals surface area contributed by atoms with Gasteiger partial charge in [-0.2, -0.15) is 5.26 Å². The Hall–Kier alpha value is -2.19. The Morgan fingerprint density at radius 2 is 2.11 bits per heavy atom. The van der Waals surface area contributed by atoms with Gasteiger partial charge < -0.3 is 9.88 Å². The highest BCUT2D eigenvalue weighted by Crippen LogP contribution is 2.24. The van der Waals surface area contributed by atoms with Gasteiger partial charge in [0, 0.05) is 25.2 Å². The van der Waals surface area contributed by atoms with E-state index in [0.29, 0.717) is 12.2 Å². The van der Waals surface area contributed by atoms with E-state index in [1.54, 1.807) is 12.1 Å². The molecule has 0 saturated heterocycles. The second-order valence-corrected chi connectivity index (χ2v) is 4.18. The molecule has 0 unspecified atom stereocenters. The number of halogens is 1. The molecule has 3 rings (SSSR count). The molecule has 18 heavy (non-hydrogen) atoms. The Morgan fingerprint density at radius 1 is 1.33 bits per heavy atom. The first-order chi connectivity index (χ1) is 8.79. The van der Waals surface area contributed by atoms with Gasteiger partial charge in [0.25, 0.3) is 0 Å². The Morgan fingerprint density at radius 3 is 2.83 bits per heavy atom. The smallest absolute Gasteiger partial charge is 0.163 e. The summed E-state index contributed by atoms with van der Waals surface area (Å²) in [5, 5.41) is 12.3. The summed E-state index contributed by atoms with van der Waals surface area (Å²) in [7, 11) is 0. The van der Waals surface area contributed by atoms with Crippen molar-refractivity contribution in [1.82, 2.24) is 14.9 Å². The number of aromatic nitrogens is 2. The fourth-order valence-electron chi connectivity index (χ4n) is 2.21. The molecule has 0 spiro atoms. The van der Waals surface area contributed by atoms with Gasteiger partial charge in [0.15, 0.2) is 5.69 Å². The van der Waals surface area contributed by atoms with Crippen LogP contribution in [0.3, 0.4) is 0 Å². The predicted octanol–water partition coefficient (Wildman–Crippen LogP) is 1.66. The average molecular weight is 242 g/mol. The fourth-order valence-corrected chi connectivity index (χ4v) is 2.21. The van der Waals surface area contributed by atoms with Gasteiger partial charge in [-0.3, -0.25) is 0 Å². The summed E-state index contributed by atoms with van der Waals surface area (Å²) < 4.78 is 15.0. The van der Waals surface area contributed by atoms with Gasteiger partial charge in [-0.15, -0.1) is 0 Å². The molecule has 1 N–H and O–H groups in total. The van der Waals surface area contributed by atoms with Crippen molar-refractivity contribution in [2.75, 3.05) is 6.54 Å². The molecule has 5 heteroatoms. The molecule has 0 aliphatic carbocycles. The maximum absolute atomic E-state index is 12.9. The second-order valence-electron chi connectivity index (χ2n) is 4.18. The van der Waals surface area contributed by atoms with Crippen LogP contribution in [0.1, 0.15) is 11.4 Å². The number of nitrogens with zero attached hydrogens (tertiary/aromatic N) is 3. The van der Waals surface area contributed by atoms with E-state index >= 15 is 0 Å². The Labute approximate surface area is 104 Å². The number of benzene rings is 1. The molecule has 0 atom stereocenters. The van der Waals surface area contributed by atoms with Crippen LogP contribution >= 0.6 is 0 Å². The van der Waals surface area contributed by atoms with Gasteiger partial charge in [0.2, 0.25) is 0 Å². The van der Waals surface area contributed by atoms with E-state index in [4.69, 9.17) is 5.26 Å². The maximum Gasteiger partial charge on any atom is 0.163 e. The van der Waals surface area contributed by atoms with Crippen LogP contribution in [0.15, 0.2) is 24.3 Å². The molecule has 1 aliphatic heterocycles. The SMILES string of the molecule is N#Cc1nc(-c2ccc(F)cc2)n2c1CNCC2. The average Bonchev–Trinajstić information content (AvgIpc) is 2.79. The van der Waals surface area contributed by atoms with Crippen molar-refractivity contribution in [1.29, 1.82) is 5.26 Å². The minimum Gasteiger partial charge on any atom is -0.324 e. The summed E-state index contributed by atoms with van der Waals surface area (Å²) in [5.74, 6) is 0.467. The first kappa shape index (κ1) is 10.9. The zero-order chi connectivity index (χ0) is 12.5. The number of fused-ring (bicyclic) bond motifs is 1. The van der Waals surface area contributed by atoms with Gasteiger partial charge in [0.05, 0.1) is 5.69 Å². The van der Waals surface area contributed by atoms with Crippen molar-refractivity contribution in [3.8, 4) is 17.5 Å². The molecule has 4 nitrogen and oxygen atoms in total. The molecule has 2 aromatic rings. The Bertz CT molecular complexity index is 622. The molecule has 1 aromatic heterocycles. The number of imidazole rings is 1. The molecule has 0 bridgehead atoms. The van der Waals surface area contributed by atoms with Crippen molar-refractivity contribution in [2.45, 2.75) is 13.1 Å². The van der Waals surface area contributed by atoms with E-state index in [1.807, 2.05) is 4.57 Å². The van der Waals surface area contributed by atoms with Crippen molar-refractivity contribution in [3.63, 3.8) is 0 Å². The van der Waals surface area contributed by atoms with Crippen LogP contribution < -0.4 is 5.32 Å². The van der Waals surface area contributed by atoms with Crippen LogP contribution in [0.25, 0.3) is 11.4 Å². The first-order valence-corrected chi connectivity index (χ1v) is 5.76. The third-order valence-electron chi connectivity index (χ3n) is 3.09. The van der Waals surface area contributed by atoms with E-state index < -0.39 is 0 Å². The summed E-state index contributed by atoms with van der Waals surface area (Å²) in [4.78, 5) is 4.35. The quantitative estimate of drug-likeness (QED) is 0.827. The van der Waals surface area contributed by atoms with Crippen LogP contribution in [-0.4, -0.2) is 16.1 Å². The van der Waals surface area contributed by atoms with Gasteiger partial charge in [-0.1, -0.05) is 0 Å². The number of nitrogens with one attached hydrogen (secondary N) is 1. The van der Waals surface area contributed by atoms with E-state index in [0.717, 1.165) is 30.2 Å². The van der Waals surface area contributed by atoms with Crippen LogP contribution in [0, 0.1) is 17.1 Å². The zero-order valence-electron chi connectivity index (χ0n) is 9.65. The number of nitriles is 1. The van der Waals surface area contributed by atoms with Crippen LogP contribution in [0.4, 0.5) is 4.39 Å². The molecule has 1 aliphatic rings. The monoisotopic (exact) mass is 242 g/mol. The largest absolute Gasteiger partial charge is 0.324 e. The molecule has 0 radical (unpaired) electrons. The van der Waals surface area contributed by atoms with Crippen molar-refractivity contribution >= 4 is 0 Å². The fraction of sp³-hybridized carbons (Fsp3) is 0.231. The van der Waals surface area contributed by atoms with Crippen LogP contribution in [0.5, 0.6) is 0 Å². The summed E-state index contributed by atoms with van der Waals surface area (Å²) >= 11 is 0. The van der Waals surface area contributed by atoms with E-state index in [9.17, 15) is 4.39 Å². The molecule has 0 amide bonds. The van der Waals surface area contributed by atoms with Crippen molar-refractivity contribution in [2.24, 2.45) is 0 Å². The first-order valence-electron chi connectivity index (χ1n) is 5.76. The van der Waals surface area contributed by atoms with Gasteiger partial charge in [-0.05, 0) is 24.3 Å². The van der Waals surface area contributed by atoms with Gasteiger partial charge in [0.1, 0.15) is 17.7 Å². The summed E-state index contributed by atoms with van der Waals surface area (Å²) in [6.07, 6.45) is 0. The summed E-state index contributed by atoms with van der Waals surface area (Å²) in [6.45, 7) is 2.27. The molecule has 0 saturated carbocycles.